The van der Waals surface area contributed by atoms with Crippen LogP contribution in [0, 0.1) is 6.92 Å². The van der Waals surface area contributed by atoms with Gasteiger partial charge in [-0.05, 0) is 18.1 Å². The second-order valence-electron chi connectivity index (χ2n) is 3.77. The maximum atomic E-state index is 11.5. The molecule has 0 radical (unpaired) electrons. The van der Waals surface area contributed by atoms with Crippen molar-refractivity contribution in [2.24, 2.45) is 0 Å². The largest absolute Gasteiger partial charge is 0.444 e. The number of nitrogens with zero attached hydrogens (tertiary/aromatic N) is 2. The van der Waals surface area contributed by atoms with Gasteiger partial charge in [0.1, 0.15) is 6.61 Å². The molecule has 0 spiro atoms. The van der Waals surface area contributed by atoms with E-state index in [-0.39, 0.29) is 12.6 Å². The van der Waals surface area contributed by atoms with E-state index in [1.165, 1.54) is 0 Å². The fourth-order valence-corrected chi connectivity index (χ4v) is 1.31. The number of benzene rings is 1. The highest BCUT2D eigenvalue weighted by molar-refractivity contribution is 5.82. The monoisotopic (exact) mass is 243 g/mol. The van der Waals surface area contributed by atoms with Gasteiger partial charge < -0.3 is 4.74 Å². The highest BCUT2D eigenvalue weighted by Crippen LogP contribution is 2.03. The number of nitrogens with one attached hydrogen (secondary N) is 1. The van der Waals surface area contributed by atoms with Crippen LogP contribution in [-0.2, 0) is 11.3 Å². The highest BCUT2D eigenvalue weighted by Gasteiger charge is 2.05. The van der Waals surface area contributed by atoms with E-state index >= 15 is 0 Å². The summed E-state index contributed by atoms with van der Waals surface area (Å²) >= 11 is 0. The summed E-state index contributed by atoms with van der Waals surface area (Å²) in [6.45, 7) is 2.09. The van der Waals surface area contributed by atoms with Crippen LogP contribution in [0.4, 0.5) is 10.7 Å². The van der Waals surface area contributed by atoms with E-state index in [2.05, 4.69) is 15.3 Å². The Kier molecular flexibility index (Phi) is 3.86. The van der Waals surface area contributed by atoms with Crippen LogP contribution < -0.4 is 5.32 Å². The van der Waals surface area contributed by atoms with E-state index in [1.807, 2.05) is 37.3 Å². The molecule has 5 nitrogen and oxygen atoms in total. The lowest BCUT2D eigenvalue weighted by Gasteiger charge is -2.05. The van der Waals surface area contributed by atoms with Gasteiger partial charge in [-0.15, -0.1) is 0 Å². The first-order valence-electron chi connectivity index (χ1n) is 5.50. The number of aryl methyl sites for hydroxylation is 1. The molecule has 2 aromatic rings. The third-order valence-electron chi connectivity index (χ3n) is 2.21. The smallest absolute Gasteiger partial charge is 0.414 e. The Morgan fingerprint density at radius 3 is 2.56 bits per heavy atom. The minimum Gasteiger partial charge on any atom is -0.444 e. The van der Waals surface area contributed by atoms with E-state index in [4.69, 9.17) is 4.74 Å². The topological polar surface area (TPSA) is 64.1 Å². The van der Waals surface area contributed by atoms with Gasteiger partial charge in [0.15, 0.2) is 0 Å². The lowest BCUT2D eigenvalue weighted by molar-refractivity contribution is 0.155. The number of rotatable bonds is 3. The van der Waals surface area contributed by atoms with Crippen LogP contribution in [0.1, 0.15) is 11.1 Å². The van der Waals surface area contributed by atoms with Gasteiger partial charge >= 0.3 is 6.09 Å². The fraction of sp³-hybridized carbons (Fsp3) is 0.154. The van der Waals surface area contributed by atoms with Gasteiger partial charge in [0.2, 0.25) is 5.95 Å². The summed E-state index contributed by atoms with van der Waals surface area (Å²) in [5.41, 5.74) is 1.86. The summed E-state index contributed by atoms with van der Waals surface area (Å²) in [4.78, 5) is 19.4. The summed E-state index contributed by atoms with van der Waals surface area (Å²) in [6.07, 6.45) is 2.68. The van der Waals surface area contributed by atoms with Gasteiger partial charge in [0, 0.05) is 12.4 Å². The van der Waals surface area contributed by atoms with E-state index in [9.17, 15) is 4.79 Å². The molecule has 5 heteroatoms. The fourth-order valence-electron chi connectivity index (χ4n) is 1.31. The molecule has 1 aromatic carbocycles. The molecule has 92 valence electrons. The van der Waals surface area contributed by atoms with E-state index in [0.717, 1.165) is 11.1 Å². The first-order chi connectivity index (χ1) is 8.74. The molecule has 0 saturated carbocycles. The van der Waals surface area contributed by atoms with Crippen LogP contribution in [0.25, 0.3) is 0 Å². The van der Waals surface area contributed by atoms with Crippen molar-refractivity contribution in [3.05, 3.63) is 53.9 Å². The molecular weight excluding hydrogens is 230 g/mol. The number of aromatic nitrogens is 2. The predicted molar refractivity (Wildman–Crippen MR) is 67.0 cm³/mol. The maximum Gasteiger partial charge on any atom is 0.414 e. The Morgan fingerprint density at radius 1 is 1.22 bits per heavy atom. The maximum absolute atomic E-state index is 11.5. The van der Waals surface area contributed by atoms with Crippen molar-refractivity contribution in [3.8, 4) is 0 Å². The molecule has 0 atom stereocenters. The Balaban J connectivity index is 1.84. The predicted octanol–water partition coefficient (Wildman–Crippen LogP) is 2.53. The minimum absolute atomic E-state index is 0.221. The zero-order valence-corrected chi connectivity index (χ0v) is 9.96. The first-order valence-corrected chi connectivity index (χ1v) is 5.50. The molecule has 2 rings (SSSR count). The van der Waals surface area contributed by atoms with Gasteiger partial charge in [-0.2, -0.15) is 0 Å². The Labute approximate surface area is 105 Å². The molecule has 0 bridgehead atoms. The molecule has 0 fully saturated rings. The zero-order valence-electron chi connectivity index (χ0n) is 9.96. The molecule has 0 unspecified atom stereocenters. The second-order valence-corrected chi connectivity index (χ2v) is 3.77. The third-order valence-corrected chi connectivity index (χ3v) is 2.21. The number of carbonyl (C=O) groups is 1. The van der Waals surface area contributed by atoms with Crippen molar-refractivity contribution in [1.29, 1.82) is 0 Å². The molecule has 1 amide bonds. The molecule has 0 aliphatic heterocycles. The average molecular weight is 243 g/mol. The van der Waals surface area contributed by atoms with E-state index in [1.54, 1.807) is 12.4 Å². The first kappa shape index (κ1) is 12.0. The average Bonchev–Trinajstić information content (AvgIpc) is 2.40. The van der Waals surface area contributed by atoms with Crippen molar-refractivity contribution in [2.45, 2.75) is 13.5 Å². The van der Waals surface area contributed by atoms with Crippen molar-refractivity contribution >= 4 is 12.0 Å². The molecule has 0 aliphatic rings. The Hall–Kier alpha value is -2.43. The molecule has 18 heavy (non-hydrogen) atoms. The summed E-state index contributed by atoms with van der Waals surface area (Å²) in [6, 6.07) is 9.45. The van der Waals surface area contributed by atoms with Gasteiger partial charge in [0.25, 0.3) is 0 Å². The lowest BCUT2D eigenvalue weighted by Crippen LogP contribution is -2.15. The summed E-state index contributed by atoms with van der Waals surface area (Å²) in [5, 5.41) is 2.46. The number of ether oxygens (including phenoxy) is 1. The van der Waals surface area contributed by atoms with Gasteiger partial charge in [-0.25, -0.2) is 14.8 Å². The van der Waals surface area contributed by atoms with Crippen LogP contribution in [0.5, 0.6) is 0 Å². The van der Waals surface area contributed by atoms with E-state index < -0.39 is 6.09 Å². The van der Waals surface area contributed by atoms with Crippen molar-refractivity contribution in [3.63, 3.8) is 0 Å². The molecular formula is C13H13N3O2. The number of carbonyl (C=O) groups excluding carboxylic acids is 1. The number of amides is 1. The van der Waals surface area contributed by atoms with Gasteiger partial charge in [-0.3, -0.25) is 5.32 Å². The lowest BCUT2D eigenvalue weighted by atomic mass is 10.2. The molecule has 0 saturated heterocycles. The highest BCUT2D eigenvalue weighted by atomic mass is 16.5. The summed E-state index contributed by atoms with van der Waals surface area (Å²) < 4.78 is 5.03. The second kappa shape index (κ2) is 5.77. The summed E-state index contributed by atoms with van der Waals surface area (Å²) in [5.74, 6) is 0.235. The molecule has 1 heterocycles. The van der Waals surface area contributed by atoms with Crippen molar-refractivity contribution in [2.75, 3.05) is 5.32 Å². The Morgan fingerprint density at radius 2 is 1.89 bits per heavy atom. The van der Waals surface area contributed by atoms with Crippen LogP contribution in [0.2, 0.25) is 0 Å². The quantitative estimate of drug-likeness (QED) is 0.899. The van der Waals surface area contributed by atoms with Crippen molar-refractivity contribution < 1.29 is 9.53 Å². The molecule has 0 aliphatic carbocycles. The van der Waals surface area contributed by atoms with Crippen molar-refractivity contribution in [1.82, 2.24) is 9.97 Å². The zero-order chi connectivity index (χ0) is 12.8. The van der Waals surface area contributed by atoms with Crippen LogP contribution in [0.15, 0.2) is 42.7 Å². The van der Waals surface area contributed by atoms with Crippen LogP contribution in [-0.4, -0.2) is 16.1 Å². The normalized spacial score (nSPS) is 9.83. The third kappa shape index (κ3) is 3.55. The number of hydrogen-bond acceptors (Lipinski definition) is 4. The van der Waals surface area contributed by atoms with Crippen LogP contribution in [0.3, 0.4) is 0 Å². The SMILES string of the molecule is Cc1cnc(NC(=O)OCc2ccccc2)nc1. The molecule has 1 aromatic heterocycles. The van der Waals surface area contributed by atoms with E-state index in [0.29, 0.717) is 0 Å². The minimum atomic E-state index is -0.567. The molecule has 1 N–H and O–H groups in total. The Bertz CT molecular complexity index is 512. The van der Waals surface area contributed by atoms with Gasteiger partial charge in [0.05, 0.1) is 0 Å². The summed E-state index contributed by atoms with van der Waals surface area (Å²) in [7, 11) is 0. The van der Waals surface area contributed by atoms with Crippen LogP contribution >= 0.6 is 0 Å². The standard InChI is InChI=1S/C13H13N3O2/c1-10-7-14-12(15-8-10)16-13(17)18-9-11-5-3-2-4-6-11/h2-8H,9H2,1H3,(H,14,15,16,17). The number of anilines is 1. The number of hydrogen-bond donors (Lipinski definition) is 1. The van der Waals surface area contributed by atoms with Gasteiger partial charge in [-0.1, -0.05) is 30.3 Å².